The van der Waals surface area contributed by atoms with E-state index in [2.05, 4.69) is 10.6 Å². The van der Waals surface area contributed by atoms with E-state index in [-0.39, 0.29) is 0 Å². The molecule has 0 amide bonds. The predicted molar refractivity (Wildman–Crippen MR) is 57.4 cm³/mol. The Labute approximate surface area is 86.6 Å². The van der Waals surface area contributed by atoms with Crippen molar-refractivity contribution in [1.29, 1.82) is 0 Å². The van der Waals surface area contributed by atoms with Gasteiger partial charge in [-0.2, -0.15) is 0 Å². The molecule has 0 aromatic carbocycles. The summed E-state index contributed by atoms with van der Waals surface area (Å²) < 4.78 is 5.01. The standard InChI is InChI=1S/C11H22N2O/c1-14-7-6-13-9-10-8-11(10)2-4-12-5-3-11/h10,12-13H,2-9H2,1H3. The molecule has 1 saturated carbocycles. The van der Waals surface area contributed by atoms with E-state index in [1.54, 1.807) is 7.11 Å². The van der Waals surface area contributed by atoms with Crippen molar-refractivity contribution in [3.8, 4) is 0 Å². The second kappa shape index (κ2) is 4.60. The van der Waals surface area contributed by atoms with Gasteiger partial charge >= 0.3 is 0 Å². The number of methoxy groups -OCH3 is 1. The van der Waals surface area contributed by atoms with Gasteiger partial charge in [0.25, 0.3) is 0 Å². The molecule has 1 aliphatic heterocycles. The Balaban J connectivity index is 1.60. The maximum absolute atomic E-state index is 5.01. The van der Waals surface area contributed by atoms with Gasteiger partial charge < -0.3 is 15.4 Å². The van der Waals surface area contributed by atoms with E-state index in [9.17, 15) is 0 Å². The highest BCUT2D eigenvalue weighted by Crippen LogP contribution is 2.58. The van der Waals surface area contributed by atoms with E-state index < -0.39 is 0 Å². The first-order valence-corrected chi connectivity index (χ1v) is 5.78. The molecule has 14 heavy (non-hydrogen) atoms. The van der Waals surface area contributed by atoms with Gasteiger partial charge in [-0.05, 0) is 50.2 Å². The van der Waals surface area contributed by atoms with Crippen molar-refractivity contribution >= 4 is 0 Å². The van der Waals surface area contributed by atoms with Crippen molar-refractivity contribution in [2.45, 2.75) is 19.3 Å². The zero-order valence-corrected chi connectivity index (χ0v) is 9.14. The Morgan fingerprint density at radius 3 is 2.93 bits per heavy atom. The summed E-state index contributed by atoms with van der Waals surface area (Å²) in [6.07, 6.45) is 4.24. The van der Waals surface area contributed by atoms with Crippen LogP contribution in [0.2, 0.25) is 0 Å². The van der Waals surface area contributed by atoms with Gasteiger partial charge in [-0.1, -0.05) is 0 Å². The van der Waals surface area contributed by atoms with E-state index in [4.69, 9.17) is 4.74 Å². The fourth-order valence-electron chi connectivity index (χ4n) is 2.71. The summed E-state index contributed by atoms with van der Waals surface area (Å²) in [7, 11) is 1.76. The van der Waals surface area contributed by atoms with Crippen molar-refractivity contribution in [2.75, 3.05) is 39.9 Å². The molecule has 3 heteroatoms. The van der Waals surface area contributed by atoms with Gasteiger partial charge in [0.1, 0.15) is 0 Å². The molecule has 0 aromatic rings. The summed E-state index contributed by atoms with van der Waals surface area (Å²) >= 11 is 0. The summed E-state index contributed by atoms with van der Waals surface area (Å²) in [6.45, 7) is 5.50. The molecular weight excluding hydrogens is 176 g/mol. The molecule has 0 aromatic heterocycles. The minimum absolute atomic E-state index is 0.728. The molecule has 2 rings (SSSR count). The van der Waals surface area contributed by atoms with Crippen LogP contribution in [0.1, 0.15) is 19.3 Å². The number of hydrogen-bond donors (Lipinski definition) is 2. The predicted octanol–water partition coefficient (Wildman–Crippen LogP) is 0.612. The monoisotopic (exact) mass is 198 g/mol. The molecule has 3 nitrogen and oxygen atoms in total. The van der Waals surface area contributed by atoms with Crippen LogP contribution in [0.4, 0.5) is 0 Å². The van der Waals surface area contributed by atoms with E-state index in [0.717, 1.165) is 24.5 Å². The van der Waals surface area contributed by atoms with Gasteiger partial charge in [0.05, 0.1) is 6.61 Å². The van der Waals surface area contributed by atoms with Gasteiger partial charge in [-0.15, -0.1) is 0 Å². The first-order valence-electron chi connectivity index (χ1n) is 5.78. The zero-order valence-electron chi connectivity index (χ0n) is 9.14. The van der Waals surface area contributed by atoms with Crippen LogP contribution in [0.3, 0.4) is 0 Å². The van der Waals surface area contributed by atoms with Gasteiger partial charge in [-0.25, -0.2) is 0 Å². The number of nitrogens with one attached hydrogen (secondary N) is 2. The average Bonchev–Trinajstić information content (AvgIpc) is 2.87. The lowest BCUT2D eigenvalue weighted by Gasteiger charge is -2.23. The van der Waals surface area contributed by atoms with Gasteiger partial charge in [0.2, 0.25) is 0 Å². The molecule has 1 saturated heterocycles. The molecule has 1 unspecified atom stereocenters. The number of rotatable bonds is 5. The topological polar surface area (TPSA) is 33.3 Å². The molecular formula is C11H22N2O. The molecule has 1 spiro atoms. The van der Waals surface area contributed by atoms with Crippen molar-refractivity contribution in [1.82, 2.24) is 10.6 Å². The fraction of sp³-hybridized carbons (Fsp3) is 1.00. The molecule has 1 atom stereocenters. The number of hydrogen-bond acceptors (Lipinski definition) is 3. The summed E-state index contributed by atoms with van der Waals surface area (Å²) in [5.41, 5.74) is 0.728. The van der Waals surface area contributed by atoms with Crippen molar-refractivity contribution in [2.24, 2.45) is 11.3 Å². The Hall–Kier alpha value is -0.120. The van der Waals surface area contributed by atoms with Crippen LogP contribution in [0.5, 0.6) is 0 Å². The van der Waals surface area contributed by atoms with Crippen LogP contribution >= 0.6 is 0 Å². The Morgan fingerprint density at radius 2 is 2.21 bits per heavy atom. The largest absolute Gasteiger partial charge is 0.383 e. The summed E-state index contributed by atoms with van der Waals surface area (Å²) in [5.74, 6) is 0.946. The summed E-state index contributed by atoms with van der Waals surface area (Å²) in [5, 5.41) is 6.91. The third-order valence-electron chi connectivity index (χ3n) is 3.83. The number of piperidine rings is 1. The zero-order chi connectivity index (χ0) is 9.86. The lowest BCUT2D eigenvalue weighted by atomic mass is 9.92. The lowest BCUT2D eigenvalue weighted by Crippen LogP contribution is -2.31. The molecule has 1 heterocycles. The molecule has 0 bridgehead atoms. The molecule has 2 aliphatic rings. The highest BCUT2D eigenvalue weighted by molar-refractivity contribution is 5.04. The van der Waals surface area contributed by atoms with E-state index in [1.165, 1.54) is 38.9 Å². The normalized spacial score (nSPS) is 29.4. The van der Waals surface area contributed by atoms with Crippen LogP contribution < -0.4 is 10.6 Å². The maximum atomic E-state index is 5.01. The maximum Gasteiger partial charge on any atom is 0.0587 e. The van der Waals surface area contributed by atoms with Crippen LogP contribution in [-0.2, 0) is 4.74 Å². The van der Waals surface area contributed by atoms with E-state index in [1.807, 2.05) is 0 Å². The molecule has 1 aliphatic carbocycles. The number of ether oxygens (including phenoxy) is 1. The summed E-state index contributed by atoms with van der Waals surface area (Å²) in [4.78, 5) is 0. The highest BCUT2D eigenvalue weighted by Gasteiger charge is 2.52. The van der Waals surface area contributed by atoms with Crippen LogP contribution in [0, 0.1) is 11.3 Å². The van der Waals surface area contributed by atoms with Crippen molar-refractivity contribution in [3.05, 3.63) is 0 Å². The highest BCUT2D eigenvalue weighted by atomic mass is 16.5. The Bertz CT molecular complexity index is 178. The average molecular weight is 198 g/mol. The van der Waals surface area contributed by atoms with Crippen LogP contribution in [0.25, 0.3) is 0 Å². The Morgan fingerprint density at radius 1 is 1.43 bits per heavy atom. The third-order valence-corrected chi connectivity index (χ3v) is 3.83. The quantitative estimate of drug-likeness (QED) is 0.635. The molecule has 2 fully saturated rings. The first kappa shape index (κ1) is 10.4. The van der Waals surface area contributed by atoms with Gasteiger partial charge in [0, 0.05) is 13.7 Å². The van der Waals surface area contributed by atoms with Gasteiger partial charge in [0.15, 0.2) is 0 Å². The second-order valence-electron chi connectivity index (χ2n) is 4.71. The van der Waals surface area contributed by atoms with Crippen LogP contribution in [-0.4, -0.2) is 39.9 Å². The Kier molecular flexibility index (Phi) is 3.42. The molecule has 82 valence electrons. The summed E-state index contributed by atoms with van der Waals surface area (Å²) in [6, 6.07) is 0. The van der Waals surface area contributed by atoms with Crippen molar-refractivity contribution < 1.29 is 4.74 Å². The molecule has 2 N–H and O–H groups in total. The minimum atomic E-state index is 0.728. The lowest BCUT2D eigenvalue weighted by molar-refractivity contribution is 0.198. The first-order chi connectivity index (χ1) is 6.87. The van der Waals surface area contributed by atoms with Crippen LogP contribution in [0.15, 0.2) is 0 Å². The third kappa shape index (κ3) is 2.27. The van der Waals surface area contributed by atoms with E-state index in [0.29, 0.717) is 0 Å². The minimum Gasteiger partial charge on any atom is -0.383 e. The SMILES string of the molecule is COCCNCC1CC12CCNCC2. The smallest absolute Gasteiger partial charge is 0.0587 e. The fourth-order valence-corrected chi connectivity index (χ4v) is 2.71. The van der Waals surface area contributed by atoms with Crippen molar-refractivity contribution in [3.63, 3.8) is 0 Å². The second-order valence-corrected chi connectivity index (χ2v) is 4.71. The molecule has 0 radical (unpaired) electrons. The van der Waals surface area contributed by atoms with Gasteiger partial charge in [-0.3, -0.25) is 0 Å². The van der Waals surface area contributed by atoms with E-state index >= 15 is 0 Å².